The highest BCUT2D eigenvalue weighted by Crippen LogP contribution is 2.40. The molecule has 0 aliphatic heterocycles. The Labute approximate surface area is 341 Å². The van der Waals surface area contributed by atoms with Crippen LogP contribution in [0, 0.1) is 0 Å². The van der Waals surface area contributed by atoms with Crippen molar-refractivity contribution in [1.82, 2.24) is 5.32 Å². The molecular formula is C49H91NO5. The second-order valence-corrected chi connectivity index (χ2v) is 16.3. The monoisotopic (exact) mass is 774 g/mol. The average molecular weight is 774 g/mol. The minimum Gasteiger partial charge on any atom is -0.490 e. The molecule has 1 amide bonds. The molecule has 55 heavy (non-hydrogen) atoms. The first-order chi connectivity index (χ1) is 27.2. The van der Waals surface area contributed by atoms with E-state index in [0.717, 1.165) is 64.2 Å². The molecule has 0 spiro atoms. The number of aliphatic hydroxyl groups excluding tert-OH is 1. The van der Waals surface area contributed by atoms with Gasteiger partial charge in [-0.05, 0) is 44.2 Å². The number of rotatable bonds is 43. The smallest absolute Gasteiger partial charge is 0.251 e. The van der Waals surface area contributed by atoms with Gasteiger partial charge in [-0.25, -0.2) is 0 Å². The van der Waals surface area contributed by atoms with Gasteiger partial charge in [0, 0.05) is 18.7 Å². The van der Waals surface area contributed by atoms with E-state index in [-0.39, 0.29) is 12.5 Å². The van der Waals surface area contributed by atoms with Crippen molar-refractivity contribution in [3.8, 4) is 17.2 Å². The molecule has 0 heterocycles. The first-order valence-corrected chi connectivity index (χ1v) is 24.1. The van der Waals surface area contributed by atoms with Crippen LogP contribution in [0.2, 0.25) is 0 Å². The molecule has 0 radical (unpaired) electrons. The zero-order chi connectivity index (χ0) is 39.7. The lowest BCUT2D eigenvalue weighted by Gasteiger charge is -2.19. The van der Waals surface area contributed by atoms with Crippen LogP contribution >= 0.6 is 0 Å². The standard InChI is InChI=1S/C49H91NO5/c1-4-7-10-13-16-19-22-25-30-35-40-53-46-43-45(49(52)50-38-33-28-29-34-39-51)44-47(54-41-36-31-26-23-20-17-14-11-8-5-2)48(46)55-42-37-32-27-24-21-18-15-12-9-6-3/h43-44,51H,4-42H2,1-3H3,(H,50,52). The van der Waals surface area contributed by atoms with E-state index in [1.807, 2.05) is 12.1 Å². The van der Waals surface area contributed by atoms with Crippen molar-refractivity contribution in [3.05, 3.63) is 17.7 Å². The summed E-state index contributed by atoms with van der Waals surface area (Å²) >= 11 is 0. The Morgan fingerprint density at radius 1 is 0.436 bits per heavy atom. The molecular weight excluding hydrogens is 683 g/mol. The summed E-state index contributed by atoms with van der Waals surface area (Å²) < 4.78 is 19.4. The number of unbranched alkanes of at least 4 members (excludes halogenated alkanes) is 30. The molecule has 0 atom stereocenters. The van der Waals surface area contributed by atoms with E-state index in [2.05, 4.69) is 26.1 Å². The molecule has 0 unspecified atom stereocenters. The van der Waals surface area contributed by atoms with Gasteiger partial charge in [0.05, 0.1) is 19.8 Å². The Kier molecular flexibility index (Phi) is 37.4. The largest absolute Gasteiger partial charge is 0.490 e. The maximum absolute atomic E-state index is 13.4. The summed E-state index contributed by atoms with van der Waals surface area (Å²) in [6.45, 7) is 9.52. The zero-order valence-electron chi connectivity index (χ0n) is 36.8. The summed E-state index contributed by atoms with van der Waals surface area (Å²) in [6, 6.07) is 3.75. The van der Waals surface area contributed by atoms with E-state index in [9.17, 15) is 4.79 Å². The van der Waals surface area contributed by atoms with Gasteiger partial charge in [-0.2, -0.15) is 0 Å². The van der Waals surface area contributed by atoms with Crippen LogP contribution in [0.4, 0.5) is 0 Å². The van der Waals surface area contributed by atoms with Crippen molar-refractivity contribution in [3.63, 3.8) is 0 Å². The fourth-order valence-corrected chi connectivity index (χ4v) is 7.27. The minimum absolute atomic E-state index is 0.101. The third kappa shape index (κ3) is 30.8. The van der Waals surface area contributed by atoms with Crippen LogP contribution in [0.15, 0.2) is 12.1 Å². The van der Waals surface area contributed by atoms with Gasteiger partial charge in [-0.1, -0.05) is 207 Å². The van der Waals surface area contributed by atoms with E-state index >= 15 is 0 Å². The maximum atomic E-state index is 13.4. The summed E-state index contributed by atoms with van der Waals surface area (Å²) in [5, 5.41) is 12.2. The SMILES string of the molecule is CCCCCCCCCCCCOc1cc(C(=O)NCCCCCCO)cc(OCCCCCCCCCCCC)c1OCCCCCCCCCCCC. The fraction of sp³-hybridized carbons (Fsp3) is 0.857. The zero-order valence-corrected chi connectivity index (χ0v) is 36.8. The molecule has 6 nitrogen and oxygen atoms in total. The van der Waals surface area contributed by atoms with Crippen molar-refractivity contribution >= 4 is 5.91 Å². The van der Waals surface area contributed by atoms with Gasteiger partial charge in [0.25, 0.3) is 5.91 Å². The van der Waals surface area contributed by atoms with Gasteiger partial charge in [0.1, 0.15) is 0 Å². The number of hydrogen-bond donors (Lipinski definition) is 2. The summed E-state index contributed by atoms with van der Waals surface area (Å²) in [5.74, 6) is 1.83. The Bertz CT molecular complexity index is 922. The van der Waals surface area contributed by atoms with Crippen molar-refractivity contribution in [1.29, 1.82) is 0 Å². The van der Waals surface area contributed by atoms with E-state index in [0.29, 0.717) is 49.2 Å². The van der Waals surface area contributed by atoms with E-state index < -0.39 is 0 Å². The predicted molar refractivity (Wildman–Crippen MR) is 236 cm³/mol. The third-order valence-corrected chi connectivity index (χ3v) is 10.9. The van der Waals surface area contributed by atoms with E-state index in [1.54, 1.807) is 0 Å². The molecule has 0 aromatic heterocycles. The van der Waals surface area contributed by atoms with Crippen LogP contribution in [0.5, 0.6) is 17.2 Å². The quantitative estimate of drug-likeness (QED) is 0.0646. The fourth-order valence-electron chi connectivity index (χ4n) is 7.27. The van der Waals surface area contributed by atoms with Crippen LogP contribution < -0.4 is 19.5 Å². The molecule has 322 valence electrons. The van der Waals surface area contributed by atoms with Crippen LogP contribution in [0.3, 0.4) is 0 Å². The summed E-state index contributed by atoms with van der Waals surface area (Å²) in [6.07, 6.45) is 42.1. The number of carbonyl (C=O) groups is 1. The number of aliphatic hydroxyl groups is 1. The van der Waals surface area contributed by atoms with Gasteiger partial charge in [0.15, 0.2) is 11.5 Å². The molecule has 2 N–H and O–H groups in total. The molecule has 1 rings (SSSR count). The molecule has 1 aromatic rings. The van der Waals surface area contributed by atoms with Gasteiger partial charge in [-0.3, -0.25) is 4.79 Å². The Hall–Kier alpha value is -1.95. The number of benzene rings is 1. The highest BCUT2D eigenvalue weighted by atomic mass is 16.5. The van der Waals surface area contributed by atoms with Gasteiger partial charge < -0.3 is 24.6 Å². The lowest BCUT2D eigenvalue weighted by molar-refractivity contribution is 0.0951. The number of nitrogens with one attached hydrogen (secondary N) is 1. The highest BCUT2D eigenvalue weighted by molar-refractivity contribution is 5.95. The topological polar surface area (TPSA) is 77.0 Å². The molecule has 0 saturated heterocycles. The average Bonchev–Trinajstić information content (AvgIpc) is 3.19. The lowest BCUT2D eigenvalue weighted by Crippen LogP contribution is -2.24. The Balaban J connectivity index is 2.86. The first kappa shape index (κ1) is 51.1. The molecule has 1 aromatic carbocycles. The molecule has 6 heteroatoms. The van der Waals surface area contributed by atoms with E-state index in [1.165, 1.54) is 154 Å². The Morgan fingerprint density at radius 2 is 0.745 bits per heavy atom. The first-order valence-electron chi connectivity index (χ1n) is 24.1. The minimum atomic E-state index is -0.101. The second-order valence-electron chi connectivity index (χ2n) is 16.3. The molecule has 0 aliphatic rings. The van der Waals surface area contributed by atoms with Crippen molar-refractivity contribution in [2.75, 3.05) is 33.0 Å². The number of hydrogen-bond acceptors (Lipinski definition) is 5. The molecule has 0 aliphatic carbocycles. The summed E-state index contributed by atoms with van der Waals surface area (Å²) in [4.78, 5) is 13.4. The van der Waals surface area contributed by atoms with Crippen LogP contribution in [-0.2, 0) is 0 Å². The summed E-state index contributed by atoms with van der Waals surface area (Å²) in [5.41, 5.74) is 0.567. The van der Waals surface area contributed by atoms with Gasteiger partial charge in [0.2, 0.25) is 5.75 Å². The second kappa shape index (κ2) is 40.3. The van der Waals surface area contributed by atoms with Crippen molar-refractivity contribution < 1.29 is 24.1 Å². The van der Waals surface area contributed by atoms with Crippen LogP contribution in [-0.4, -0.2) is 44.0 Å². The summed E-state index contributed by atoms with van der Waals surface area (Å²) in [7, 11) is 0. The number of amides is 1. The van der Waals surface area contributed by atoms with Crippen LogP contribution in [0.25, 0.3) is 0 Å². The maximum Gasteiger partial charge on any atom is 0.251 e. The van der Waals surface area contributed by atoms with E-state index in [4.69, 9.17) is 19.3 Å². The third-order valence-electron chi connectivity index (χ3n) is 10.9. The molecule has 0 bridgehead atoms. The van der Waals surface area contributed by atoms with Crippen molar-refractivity contribution in [2.45, 2.75) is 239 Å². The Morgan fingerprint density at radius 3 is 1.11 bits per heavy atom. The molecule has 0 fully saturated rings. The lowest BCUT2D eigenvalue weighted by atomic mass is 10.1. The predicted octanol–water partition coefficient (Wildman–Crippen LogP) is 14.9. The van der Waals surface area contributed by atoms with Gasteiger partial charge >= 0.3 is 0 Å². The number of ether oxygens (including phenoxy) is 3. The highest BCUT2D eigenvalue weighted by Gasteiger charge is 2.19. The van der Waals surface area contributed by atoms with Crippen molar-refractivity contribution in [2.24, 2.45) is 0 Å². The van der Waals surface area contributed by atoms with Crippen LogP contribution in [0.1, 0.15) is 249 Å². The number of carbonyl (C=O) groups excluding carboxylic acids is 1. The van der Waals surface area contributed by atoms with Gasteiger partial charge in [-0.15, -0.1) is 0 Å². The normalized spacial score (nSPS) is 11.3. The molecule has 0 saturated carbocycles.